The average molecular weight is 426 g/mol. The van der Waals surface area contributed by atoms with Crippen molar-refractivity contribution in [2.75, 3.05) is 6.54 Å². The lowest BCUT2D eigenvalue weighted by atomic mass is 9.74. The number of halogens is 1. The van der Waals surface area contributed by atoms with E-state index in [2.05, 4.69) is 47.1 Å². The van der Waals surface area contributed by atoms with Gasteiger partial charge in [0, 0.05) is 28.4 Å². The van der Waals surface area contributed by atoms with E-state index in [0.29, 0.717) is 24.3 Å². The molecule has 0 aromatic heterocycles. The average Bonchev–Trinajstić information content (AvgIpc) is 3.01. The first-order valence-corrected chi connectivity index (χ1v) is 10.4. The van der Waals surface area contributed by atoms with Crippen LogP contribution in [0.4, 0.5) is 0 Å². The number of rotatable bonds is 2. The summed E-state index contributed by atoms with van der Waals surface area (Å²) < 4.78 is 0.954. The molecule has 2 aromatic rings. The second-order valence-corrected chi connectivity index (χ2v) is 8.88. The molecule has 0 unspecified atom stereocenters. The number of piperidine rings is 1. The van der Waals surface area contributed by atoms with Crippen LogP contribution < -0.4 is 0 Å². The van der Waals surface area contributed by atoms with Crippen LogP contribution in [0.15, 0.2) is 53.0 Å². The maximum Gasteiger partial charge on any atom is 0.254 e. The lowest BCUT2D eigenvalue weighted by Gasteiger charge is -2.45. The Balaban J connectivity index is 1.71. The van der Waals surface area contributed by atoms with E-state index in [1.807, 2.05) is 29.2 Å². The van der Waals surface area contributed by atoms with Crippen LogP contribution >= 0.6 is 15.9 Å². The van der Waals surface area contributed by atoms with E-state index < -0.39 is 0 Å². The zero-order chi connectivity index (χ0) is 19.0. The zero-order valence-corrected chi connectivity index (χ0v) is 17.2. The Morgan fingerprint density at radius 2 is 1.93 bits per heavy atom. The normalized spacial score (nSPS) is 25.2. The Labute approximate surface area is 168 Å². The SMILES string of the molecule is Cc1cccc([C@H]2CC[C@]3(CCCC3=O)CN2C(=O)c2ccc(Br)cc2)c1. The van der Waals surface area contributed by atoms with Gasteiger partial charge in [0.2, 0.25) is 0 Å². The number of nitrogens with zero attached hydrogens (tertiary/aromatic N) is 1. The number of hydrogen-bond acceptors (Lipinski definition) is 2. The van der Waals surface area contributed by atoms with E-state index in [0.717, 1.165) is 30.2 Å². The third-order valence-electron chi connectivity index (χ3n) is 6.18. The fourth-order valence-corrected chi connectivity index (χ4v) is 4.97. The van der Waals surface area contributed by atoms with Gasteiger partial charge in [-0.05, 0) is 62.4 Å². The zero-order valence-electron chi connectivity index (χ0n) is 15.6. The molecule has 1 heterocycles. The summed E-state index contributed by atoms with van der Waals surface area (Å²) in [7, 11) is 0. The minimum Gasteiger partial charge on any atom is -0.331 e. The third kappa shape index (κ3) is 3.47. The van der Waals surface area contributed by atoms with Crippen LogP contribution in [0.1, 0.15) is 59.6 Å². The predicted molar refractivity (Wildman–Crippen MR) is 110 cm³/mol. The highest BCUT2D eigenvalue weighted by molar-refractivity contribution is 9.10. The van der Waals surface area contributed by atoms with E-state index in [4.69, 9.17) is 0 Å². The van der Waals surface area contributed by atoms with Gasteiger partial charge in [0.15, 0.2) is 0 Å². The lowest BCUT2D eigenvalue weighted by Crippen LogP contribution is -2.49. The summed E-state index contributed by atoms with van der Waals surface area (Å²) >= 11 is 3.43. The molecule has 3 nitrogen and oxygen atoms in total. The summed E-state index contributed by atoms with van der Waals surface area (Å²) in [4.78, 5) is 28.0. The molecule has 1 amide bonds. The number of hydrogen-bond donors (Lipinski definition) is 0. The van der Waals surface area contributed by atoms with Crippen molar-refractivity contribution in [3.05, 3.63) is 69.7 Å². The molecule has 140 valence electrons. The number of amides is 1. The van der Waals surface area contributed by atoms with Crippen molar-refractivity contribution in [1.29, 1.82) is 0 Å². The number of carbonyl (C=O) groups is 2. The molecule has 27 heavy (non-hydrogen) atoms. The fraction of sp³-hybridized carbons (Fsp3) is 0.391. The summed E-state index contributed by atoms with van der Waals surface area (Å²) in [6.07, 6.45) is 4.26. The second-order valence-electron chi connectivity index (χ2n) is 7.97. The van der Waals surface area contributed by atoms with Gasteiger partial charge in [0.05, 0.1) is 6.04 Å². The first-order chi connectivity index (χ1) is 13.0. The molecule has 2 aliphatic rings. The minimum atomic E-state index is -0.328. The predicted octanol–water partition coefficient (Wildman–Crippen LogP) is 5.47. The minimum absolute atomic E-state index is 0.0211. The first kappa shape index (κ1) is 18.4. The Kier molecular flexibility index (Phi) is 4.94. The molecule has 1 saturated carbocycles. The van der Waals surface area contributed by atoms with Crippen molar-refractivity contribution < 1.29 is 9.59 Å². The Bertz CT molecular complexity index is 876. The number of carbonyl (C=O) groups excluding carboxylic acids is 2. The Hall–Kier alpha value is -1.94. The van der Waals surface area contributed by atoms with Gasteiger partial charge in [-0.1, -0.05) is 45.8 Å². The van der Waals surface area contributed by atoms with E-state index in [1.165, 1.54) is 11.1 Å². The van der Waals surface area contributed by atoms with Crippen LogP contribution in [-0.2, 0) is 4.79 Å². The molecular weight excluding hydrogens is 402 g/mol. The number of likely N-dealkylation sites (tertiary alicyclic amines) is 1. The fourth-order valence-electron chi connectivity index (χ4n) is 4.70. The summed E-state index contributed by atoms with van der Waals surface area (Å²) in [6, 6.07) is 15.9. The lowest BCUT2D eigenvalue weighted by molar-refractivity contribution is -0.128. The van der Waals surface area contributed by atoms with Gasteiger partial charge >= 0.3 is 0 Å². The highest BCUT2D eigenvalue weighted by Crippen LogP contribution is 2.47. The largest absolute Gasteiger partial charge is 0.331 e. The smallest absolute Gasteiger partial charge is 0.254 e. The van der Waals surface area contributed by atoms with E-state index in [9.17, 15) is 9.59 Å². The second kappa shape index (κ2) is 7.23. The summed E-state index contributed by atoms with van der Waals surface area (Å²) in [5.74, 6) is 0.367. The molecule has 2 atom stereocenters. The molecule has 0 N–H and O–H groups in total. The standard InChI is InChI=1S/C23H24BrNO2/c1-16-4-2-5-18(14-16)20-11-13-23(12-3-6-21(23)26)15-25(20)22(27)17-7-9-19(24)10-8-17/h2,4-5,7-10,14,20H,3,6,11-13,15H2,1H3/t20-,23-/m1/s1. The van der Waals surface area contributed by atoms with Gasteiger partial charge in [-0.2, -0.15) is 0 Å². The van der Waals surface area contributed by atoms with Crippen molar-refractivity contribution in [3.8, 4) is 0 Å². The Morgan fingerprint density at radius 3 is 2.59 bits per heavy atom. The number of Topliss-reactive ketones (excluding diaryl/α,β-unsaturated/α-hetero) is 1. The highest BCUT2D eigenvalue weighted by atomic mass is 79.9. The van der Waals surface area contributed by atoms with E-state index >= 15 is 0 Å². The van der Waals surface area contributed by atoms with Crippen LogP contribution in [0.2, 0.25) is 0 Å². The summed E-state index contributed by atoms with van der Waals surface area (Å²) in [6.45, 7) is 2.62. The highest BCUT2D eigenvalue weighted by Gasteiger charge is 2.48. The quantitative estimate of drug-likeness (QED) is 0.638. The summed E-state index contributed by atoms with van der Waals surface area (Å²) in [5.41, 5.74) is 2.71. The third-order valence-corrected chi connectivity index (χ3v) is 6.70. The maximum absolute atomic E-state index is 13.4. The molecule has 1 saturated heterocycles. The molecule has 1 spiro atoms. The summed E-state index contributed by atoms with van der Waals surface area (Å²) in [5, 5.41) is 0. The van der Waals surface area contributed by atoms with E-state index in [-0.39, 0.29) is 17.4 Å². The van der Waals surface area contributed by atoms with Gasteiger partial charge in [0.1, 0.15) is 5.78 Å². The molecule has 0 radical (unpaired) electrons. The molecule has 0 bridgehead atoms. The number of benzene rings is 2. The molecule has 1 aliphatic heterocycles. The van der Waals surface area contributed by atoms with Gasteiger partial charge < -0.3 is 4.90 Å². The van der Waals surface area contributed by atoms with Crippen molar-refractivity contribution in [1.82, 2.24) is 4.90 Å². The van der Waals surface area contributed by atoms with Gasteiger partial charge in [-0.3, -0.25) is 9.59 Å². The van der Waals surface area contributed by atoms with Gasteiger partial charge in [0.25, 0.3) is 5.91 Å². The first-order valence-electron chi connectivity index (χ1n) is 9.65. The molecule has 1 aliphatic carbocycles. The van der Waals surface area contributed by atoms with Gasteiger partial charge in [-0.25, -0.2) is 0 Å². The van der Waals surface area contributed by atoms with Crippen molar-refractivity contribution in [2.24, 2.45) is 5.41 Å². The Morgan fingerprint density at radius 1 is 1.15 bits per heavy atom. The van der Waals surface area contributed by atoms with Crippen molar-refractivity contribution in [3.63, 3.8) is 0 Å². The molecule has 2 aromatic carbocycles. The van der Waals surface area contributed by atoms with Crippen LogP contribution in [0.5, 0.6) is 0 Å². The maximum atomic E-state index is 13.4. The van der Waals surface area contributed by atoms with Gasteiger partial charge in [-0.15, -0.1) is 0 Å². The van der Waals surface area contributed by atoms with Crippen molar-refractivity contribution in [2.45, 2.75) is 45.1 Å². The van der Waals surface area contributed by atoms with Crippen LogP contribution in [0.25, 0.3) is 0 Å². The molecular formula is C23H24BrNO2. The van der Waals surface area contributed by atoms with Crippen LogP contribution in [-0.4, -0.2) is 23.1 Å². The number of ketones is 1. The van der Waals surface area contributed by atoms with E-state index in [1.54, 1.807) is 0 Å². The number of aryl methyl sites for hydroxylation is 1. The molecule has 4 heteroatoms. The molecule has 2 fully saturated rings. The van der Waals surface area contributed by atoms with Crippen LogP contribution in [0, 0.1) is 12.3 Å². The van der Waals surface area contributed by atoms with Crippen LogP contribution in [0.3, 0.4) is 0 Å². The topological polar surface area (TPSA) is 37.4 Å². The monoisotopic (exact) mass is 425 g/mol. The molecule has 4 rings (SSSR count). The van der Waals surface area contributed by atoms with Crippen molar-refractivity contribution >= 4 is 27.6 Å².